The second kappa shape index (κ2) is 5.90. The van der Waals surface area contributed by atoms with Gasteiger partial charge in [0.1, 0.15) is 5.75 Å². The Morgan fingerprint density at radius 2 is 2.10 bits per heavy atom. The van der Waals surface area contributed by atoms with E-state index in [0.29, 0.717) is 12.2 Å². The lowest BCUT2D eigenvalue weighted by Gasteiger charge is -2.13. The van der Waals surface area contributed by atoms with E-state index in [1.165, 1.54) is 0 Å². The average Bonchev–Trinajstić information content (AvgIpc) is 2.94. The number of carbonyl (C=O) groups is 1. The van der Waals surface area contributed by atoms with Gasteiger partial charge in [-0.1, -0.05) is 34.1 Å². The molecule has 0 aromatic heterocycles. The molecule has 0 saturated heterocycles. The van der Waals surface area contributed by atoms with Crippen molar-refractivity contribution in [3.05, 3.63) is 59.2 Å². The summed E-state index contributed by atoms with van der Waals surface area (Å²) < 4.78 is 5.46. The lowest BCUT2D eigenvalue weighted by atomic mass is 10.1. The van der Waals surface area contributed by atoms with Gasteiger partial charge in [0, 0.05) is 22.5 Å². The van der Waals surface area contributed by atoms with Crippen molar-refractivity contribution in [1.29, 1.82) is 0 Å². The Morgan fingerprint density at radius 1 is 1.29 bits per heavy atom. The van der Waals surface area contributed by atoms with Crippen LogP contribution in [0, 0.1) is 0 Å². The van der Waals surface area contributed by atoms with Gasteiger partial charge in [-0.15, -0.1) is 0 Å². The number of carbonyl (C=O) groups excluding carboxylic acids is 1. The molecule has 1 aliphatic rings. The Labute approximate surface area is 132 Å². The third-order valence-corrected chi connectivity index (χ3v) is 4.08. The fourth-order valence-electron chi connectivity index (χ4n) is 2.48. The summed E-state index contributed by atoms with van der Waals surface area (Å²) in [6.45, 7) is 2.74. The van der Waals surface area contributed by atoms with Crippen molar-refractivity contribution in [2.24, 2.45) is 0 Å². The van der Waals surface area contributed by atoms with Crippen molar-refractivity contribution >= 4 is 27.5 Å². The predicted octanol–water partition coefficient (Wildman–Crippen LogP) is 4.33. The molecule has 0 aliphatic carbocycles. The third-order valence-electron chi connectivity index (χ3n) is 3.59. The number of hydrogen-bond donors (Lipinski definition) is 1. The van der Waals surface area contributed by atoms with E-state index in [9.17, 15) is 4.79 Å². The summed E-state index contributed by atoms with van der Waals surface area (Å²) in [5.74, 6) is 0.798. The van der Waals surface area contributed by atoms with Crippen LogP contribution < -0.4 is 10.1 Å². The molecule has 4 heteroatoms. The maximum absolute atomic E-state index is 12.4. The molecule has 2 aromatic rings. The van der Waals surface area contributed by atoms with Gasteiger partial charge in [0.15, 0.2) is 0 Å². The number of fused-ring (bicyclic) bond motifs is 1. The first-order chi connectivity index (χ1) is 10.1. The standard InChI is InChI=1S/C17H16BrNO2/c1-11(18)14-4-2-3-5-15(14)19-17(20)13-6-7-16-12(10-13)8-9-21-16/h2-7,10-11H,8-9H2,1H3,(H,19,20). The normalized spacial score (nSPS) is 14.2. The number of halogens is 1. The number of hydrogen-bond acceptors (Lipinski definition) is 2. The van der Waals surface area contributed by atoms with Gasteiger partial charge in [-0.25, -0.2) is 0 Å². The number of rotatable bonds is 3. The number of nitrogens with one attached hydrogen (secondary N) is 1. The lowest BCUT2D eigenvalue weighted by molar-refractivity contribution is 0.102. The van der Waals surface area contributed by atoms with E-state index in [2.05, 4.69) is 21.2 Å². The minimum Gasteiger partial charge on any atom is -0.493 e. The summed E-state index contributed by atoms with van der Waals surface area (Å²) in [6.07, 6.45) is 0.867. The van der Waals surface area contributed by atoms with E-state index < -0.39 is 0 Å². The molecule has 1 heterocycles. The highest BCUT2D eigenvalue weighted by Crippen LogP contribution is 2.30. The van der Waals surface area contributed by atoms with Crippen LogP contribution in [0.3, 0.4) is 0 Å². The summed E-state index contributed by atoms with van der Waals surface area (Å²) in [5, 5.41) is 2.99. The summed E-state index contributed by atoms with van der Waals surface area (Å²) in [7, 11) is 0. The number of ether oxygens (including phenoxy) is 1. The Hall–Kier alpha value is -1.81. The molecule has 1 unspecified atom stereocenters. The molecule has 108 valence electrons. The summed E-state index contributed by atoms with van der Waals surface area (Å²) in [5.41, 5.74) is 3.67. The van der Waals surface area contributed by atoms with Gasteiger partial charge in [-0.05, 0) is 42.3 Å². The van der Waals surface area contributed by atoms with E-state index in [1.54, 1.807) is 6.07 Å². The van der Waals surface area contributed by atoms with Crippen LogP contribution in [0.4, 0.5) is 5.69 Å². The van der Waals surface area contributed by atoms with E-state index in [0.717, 1.165) is 29.0 Å². The molecule has 3 nitrogen and oxygen atoms in total. The molecule has 0 saturated carbocycles. The fraction of sp³-hybridized carbons (Fsp3) is 0.235. The van der Waals surface area contributed by atoms with E-state index in [-0.39, 0.29) is 10.7 Å². The molecule has 3 rings (SSSR count). The molecular weight excluding hydrogens is 330 g/mol. The molecule has 1 atom stereocenters. The van der Waals surface area contributed by atoms with Gasteiger partial charge in [0.05, 0.1) is 6.61 Å². The SMILES string of the molecule is CC(Br)c1ccccc1NC(=O)c1ccc2c(c1)CCO2. The number of para-hydroxylation sites is 1. The van der Waals surface area contributed by atoms with Crippen molar-refractivity contribution in [1.82, 2.24) is 0 Å². The maximum Gasteiger partial charge on any atom is 0.255 e. The first kappa shape index (κ1) is 14.1. The zero-order valence-electron chi connectivity index (χ0n) is 11.7. The minimum atomic E-state index is -0.0923. The van der Waals surface area contributed by atoms with Gasteiger partial charge < -0.3 is 10.1 Å². The maximum atomic E-state index is 12.4. The third kappa shape index (κ3) is 2.95. The van der Waals surface area contributed by atoms with E-state index in [4.69, 9.17) is 4.74 Å². The number of alkyl halides is 1. The number of amides is 1. The molecule has 1 N–H and O–H groups in total. The van der Waals surface area contributed by atoms with Crippen LogP contribution >= 0.6 is 15.9 Å². The molecule has 1 amide bonds. The molecule has 0 fully saturated rings. The summed E-state index contributed by atoms with van der Waals surface area (Å²) >= 11 is 3.55. The van der Waals surface area contributed by atoms with Gasteiger partial charge >= 0.3 is 0 Å². The molecule has 2 aromatic carbocycles. The Kier molecular flexibility index (Phi) is 3.97. The van der Waals surface area contributed by atoms with Gasteiger partial charge in [-0.2, -0.15) is 0 Å². The number of benzene rings is 2. The van der Waals surface area contributed by atoms with E-state index in [1.807, 2.05) is 43.3 Å². The highest BCUT2D eigenvalue weighted by atomic mass is 79.9. The van der Waals surface area contributed by atoms with Crippen LogP contribution in [0.5, 0.6) is 5.75 Å². The first-order valence-electron chi connectivity index (χ1n) is 6.95. The predicted molar refractivity (Wildman–Crippen MR) is 87.4 cm³/mol. The highest BCUT2D eigenvalue weighted by molar-refractivity contribution is 9.09. The van der Waals surface area contributed by atoms with Crippen LogP contribution in [0.2, 0.25) is 0 Å². The second-order valence-corrected chi connectivity index (χ2v) is 6.45. The molecule has 0 bridgehead atoms. The fourth-order valence-corrected chi connectivity index (χ4v) is 2.88. The zero-order valence-corrected chi connectivity index (χ0v) is 13.3. The first-order valence-corrected chi connectivity index (χ1v) is 7.87. The van der Waals surface area contributed by atoms with Crippen LogP contribution in [-0.4, -0.2) is 12.5 Å². The van der Waals surface area contributed by atoms with Gasteiger partial charge in [0.2, 0.25) is 0 Å². The largest absolute Gasteiger partial charge is 0.493 e. The Morgan fingerprint density at radius 3 is 2.90 bits per heavy atom. The molecule has 1 aliphatic heterocycles. The summed E-state index contributed by atoms with van der Waals surface area (Å²) in [4.78, 5) is 12.6. The van der Waals surface area contributed by atoms with E-state index >= 15 is 0 Å². The molecule has 0 radical (unpaired) electrons. The molecule has 21 heavy (non-hydrogen) atoms. The zero-order chi connectivity index (χ0) is 14.8. The Balaban J connectivity index is 1.84. The van der Waals surface area contributed by atoms with Crippen molar-refractivity contribution < 1.29 is 9.53 Å². The monoisotopic (exact) mass is 345 g/mol. The van der Waals surface area contributed by atoms with Crippen molar-refractivity contribution in [3.63, 3.8) is 0 Å². The van der Waals surface area contributed by atoms with Crippen LogP contribution in [-0.2, 0) is 6.42 Å². The summed E-state index contributed by atoms with van der Waals surface area (Å²) in [6, 6.07) is 13.4. The second-order valence-electron chi connectivity index (χ2n) is 5.08. The van der Waals surface area contributed by atoms with Gasteiger partial charge in [-0.3, -0.25) is 4.79 Å². The molecule has 0 spiro atoms. The number of anilines is 1. The van der Waals surface area contributed by atoms with Crippen LogP contribution in [0.1, 0.15) is 33.2 Å². The Bertz CT molecular complexity index is 682. The van der Waals surface area contributed by atoms with Crippen LogP contribution in [0.25, 0.3) is 0 Å². The smallest absolute Gasteiger partial charge is 0.255 e. The molecular formula is C17H16BrNO2. The average molecular weight is 346 g/mol. The minimum absolute atomic E-state index is 0.0923. The topological polar surface area (TPSA) is 38.3 Å². The van der Waals surface area contributed by atoms with Crippen LogP contribution in [0.15, 0.2) is 42.5 Å². The van der Waals surface area contributed by atoms with Gasteiger partial charge in [0.25, 0.3) is 5.91 Å². The quantitative estimate of drug-likeness (QED) is 0.840. The van der Waals surface area contributed by atoms with Crippen molar-refractivity contribution in [3.8, 4) is 5.75 Å². The lowest BCUT2D eigenvalue weighted by Crippen LogP contribution is -2.13. The highest BCUT2D eigenvalue weighted by Gasteiger charge is 2.16. The van der Waals surface area contributed by atoms with Crippen molar-refractivity contribution in [2.45, 2.75) is 18.2 Å². The van der Waals surface area contributed by atoms with Crippen molar-refractivity contribution in [2.75, 3.05) is 11.9 Å².